The second-order valence-corrected chi connectivity index (χ2v) is 7.06. The van der Waals surface area contributed by atoms with Gasteiger partial charge in [-0.05, 0) is 36.4 Å². The molecule has 0 spiro atoms. The Balaban J connectivity index is 1.79. The molecule has 0 aliphatic carbocycles. The van der Waals surface area contributed by atoms with Crippen LogP contribution in [0.3, 0.4) is 0 Å². The predicted octanol–water partition coefficient (Wildman–Crippen LogP) is 3.49. The van der Waals surface area contributed by atoms with Gasteiger partial charge in [0.1, 0.15) is 11.5 Å². The summed E-state index contributed by atoms with van der Waals surface area (Å²) in [6.45, 7) is 0.903. The molecular weight excluding hydrogens is 397 g/mol. The lowest BCUT2D eigenvalue weighted by Crippen LogP contribution is -2.42. The van der Waals surface area contributed by atoms with Crippen LogP contribution in [-0.4, -0.2) is 33.2 Å². The number of carbonyl (C=O) groups excluding carboxylic acids is 2. The Labute approximate surface area is 170 Å². The number of fused-ring (bicyclic) bond motifs is 1. The molecule has 29 heavy (non-hydrogen) atoms. The van der Waals surface area contributed by atoms with Crippen molar-refractivity contribution in [3.8, 4) is 11.3 Å². The highest BCUT2D eigenvalue weighted by Gasteiger charge is 2.30. The molecule has 0 saturated heterocycles. The maximum atomic E-state index is 13.8. The van der Waals surface area contributed by atoms with Crippen LogP contribution in [0.25, 0.3) is 11.3 Å². The van der Waals surface area contributed by atoms with Crippen molar-refractivity contribution in [1.82, 2.24) is 14.7 Å². The molecule has 3 amide bonds. The van der Waals surface area contributed by atoms with E-state index in [2.05, 4.69) is 10.4 Å². The van der Waals surface area contributed by atoms with Crippen LogP contribution in [0.15, 0.2) is 48.5 Å². The van der Waals surface area contributed by atoms with Crippen LogP contribution in [0.2, 0.25) is 5.02 Å². The molecule has 4 rings (SSSR count). The molecule has 2 heterocycles. The molecule has 1 aliphatic heterocycles. The Kier molecular flexibility index (Phi) is 4.94. The summed E-state index contributed by atoms with van der Waals surface area (Å²) in [5.41, 5.74) is 7.60. The number of halogens is 2. The third-order valence-corrected chi connectivity index (χ3v) is 4.97. The summed E-state index contributed by atoms with van der Waals surface area (Å²) in [5, 5.41) is 7.88. The van der Waals surface area contributed by atoms with Gasteiger partial charge in [-0.3, -0.25) is 9.48 Å². The number of urea groups is 1. The molecule has 148 valence electrons. The standard InChI is InChI=1S/C20H17ClFN5O2/c21-13-4-6-15(7-5-13)24-19(28)17-16-11-26(20(23)29)8-9-27(16)25-18(17)12-2-1-3-14(22)10-12/h1-7,10H,8-9,11H2,(H2,23,29)(H,24,28). The van der Waals surface area contributed by atoms with Gasteiger partial charge in [-0.15, -0.1) is 0 Å². The number of amides is 3. The molecule has 7 nitrogen and oxygen atoms in total. The van der Waals surface area contributed by atoms with Crippen LogP contribution in [-0.2, 0) is 13.1 Å². The molecule has 1 aromatic heterocycles. The second-order valence-electron chi connectivity index (χ2n) is 6.62. The Morgan fingerprint density at radius 2 is 1.90 bits per heavy atom. The molecule has 0 saturated carbocycles. The van der Waals surface area contributed by atoms with Gasteiger partial charge in [0.2, 0.25) is 0 Å². The van der Waals surface area contributed by atoms with Gasteiger partial charge in [0, 0.05) is 22.8 Å². The molecule has 9 heteroatoms. The molecule has 0 fully saturated rings. The maximum absolute atomic E-state index is 13.8. The Hall–Kier alpha value is -3.39. The average Bonchev–Trinajstić information content (AvgIpc) is 3.08. The Bertz CT molecular complexity index is 1100. The predicted molar refractivity (Wildman–Crippen MR) is 107 cm³/mol. The first-order valence-electron chi connectivity index (χ1n) is 8.89. The number of primary amides is 1. The summed E-state index contributed by atoms with van der Waals surface area (Å²) < 4.78 is 15.5. The van der Waals surface area contributed by atoms with E-state index >= 15 is 0 Å². The zero-order valence-corrected chi connectivity index (χ0v) is 16.0. The number of aromatic nitrogens is 2. The Morgan fingerprint density at radius 3 is 2.59 bits per heavy atom. The van der Waals surface area contributed by atoms with Gasteiger partial charge in [0.05, 0.1) is 24.3 Å². The fourth-order valence-electron chi connectivity index (χ4n) is 3.31. The summed E-state index contributed by atoms with van der Waals surface area (Å²) in [6, 6.07) is 12.0. The van der Waals surface area contributed by atoms with Gasteiger partial charge < -0.3 is 16.0 Å². The summed E-state index contributed by atoms with van der Waals surface area (Å²) in [4.78, 5) is 26.2. The summed E-state index contributed by atoms with van der Waals surface area (Å²) in [7, 11) is 0. The van der Waals surface area contributed by atoms with Gasteiger partial charge in [-0.25, -0.2) is 9.18 Å². The Morgan fingerprint density at radius 1 is 1.14 bits per heavy atom. The van der Waals surface area contributed by atoms with E-state index < -0.39 is 17.8 Å². The maximum Gasteiger partial charge on any atom is 0.315 e. The third kappa shape index (κ3) is 3.79. The second kappa shape index (κ2) is 7.56. The van der Waals surface area contributed by atoms with Crippen molar-refractivity contribution >= 4 is 29.2 Å². The largest absolute Gasteiger partial charge is 0.351 e. The summed E-state index contributed by atoms with van der Waals surface area (Å²) in [6.07, 6.45) is 0. The number of hydrogen-bond donors (Lipinski definition) is 2. The van der Waals surface area contributed by atoms with Crippen LogP contribution in [0.5, 0.6) is 0 Å². The smallest absolute Gasteiger partial charge is 0.315 e. The van der Waals surface area contributed by atoms with Gasteiger partial charge in [-0.1, -0.05) is 23.7 Å². The van der Waals surface area contributed by atoms with E-state index in [-0.39, 0.29) is 12.1 Å². The van der Waals surface area contributed by atoms with Crippen molar-refractivity contribution in [2.75, 3.05) is 11.9 Å². The molecule has 3 N–H and O–H groups in total. The zero-order valence-electron chi connectivity index (χ0n) is 15.2. The highest BCUT2D eigenvalue weighted by Crippen LogP contribution is 2.30. The normalized spacial score (nSPS) is 13.1. The van der Waals surface area contributed by atoms with E-state index in [1.807, 2.05) is 0 Å². The van der Waals surface area contributed by atoms with E-state index in [1.54, 1.807) is 41.1 Å². The fourth-order valence-corrected chi connectivity index (χ4v) is 3.44. The number of benzene rings is 2. The number of rotatable bonds is 3. The van der Waals surface area contributed by atoms with Gasteiger partial charge in [0.25, 0.3) is 5.91 Å². The lowest BCUT2D eigenvalue weighted by Gasteiger charge is -2.26. The fraction of sp³-hybridized carbons (Fsp3) is 0.150. The van der Waals surface area contributed by atoms with Crippen molar-refractivity contribution in [2.24, 2.45) is 5.73 Å². The molecule has 1 aliphatic rings. The van der Waals surface area contributed by atoms with Gasteiger partial charge >= 0.3 is 6.03 Å². The molecule has 0 unspecified atom stereocenters. The molecule has 3 aromatic rings. The van der Waals surface area contributed by atoms with E-state index in [0.29, 0.717) is 40.8 Å². The summed E-state index contributed by atoms with van der Waals surface area (Å²) in [5.74, 6) is -0.851. The number of hydrogen-bond acceptors (Lipinski definition) is 3. The minimum absolute atomic E-state index is 0.140. The molecular formula is C20H17ClFN5O2. The minimum Gasteiger partial charge on any atom is -0.351 e. The highest BCUT2D eigenvalue weighted by molar-refractivity contribution is 6.30. The quantitative estimate of drug-likeness (QED) is 0.688. The summed E-state index contributed by atoms with van der Waals surface area (Å²) >= 11 is 5.90. The number of nitrogens with one attached hydrogen (secondary N) is 1. The van der Waals surface area contributed by atoms with E-state index in [1.165, 1.54) is 17.0 Å². The van der Waals surface area contributed by atoms with Crippen LogP contribution in [0, 0.1) is 5.82 Å². The van der Waals surface area contributed by atoms with Crippen molar-refractivity contribution in [2.45, 2.75) is 13.1 Å². The van der Waals surface area contributed by atoms with E-state index in [4.69, 9.17) is 17.3 Å². The molecule has 0 radical (unpaired) electrons. The first-order valence-corrected chi connectivity index (χ1v) is 9.27. The minimum atomic E-state index is -0.575. The van der Waals surface area contributed by atoms with Gasteiger partial charge in [-0.2, -0.15) is 5.10 Å². The lowest BCUT2D eigenvalue weighted by atomic mass is 10.0. The first kappa shape index (κ1) is 18.9. The zero-order chi connectivity index (χ0) is 20.5. The van der Waals surface area contributed by atoms with Crippen LogP contribution in [0.4, 0.5) is 14.9 Å². The number of nitrogens with two attached hydrogens (primary N) is 1. The number of nitrogens with zero attached hydrogens (tertiary/aromatic N) is 3. The topological polar surface area (TPSA) is 93.2 Å². The third-order valence-electron chi connectivity index (χ3n) is 4.72. The van der Waals surface area contributed by atoms with E-state index in [9.17, 15) is 14.0 Å². The first-order chi connectivity index (χ1) is 13.9. The van der Waals surface area contributed by atoms with Crippen LogP contribution in [0.1, 0.15) is 16.1 Å². The van der Waals surface area contributed by atoms with Crippen LogP contribution < -0.4 is 11.1 Å². The van der Waals surface area contributed by atoms with Crippen molar-refractivity contribution in [1.29, 1.82) is 0 Å². The van der Waals surface area contributed by atoms with Crippen molar-refractivity contribution < 1.29 is 14.0 Å². The monoisotopic (exact) mass is 413 g/mol. The highest BCUT2D eigenvalue weighted by atomic mass is 35.5. The molecule has 0 atom stereocenters. The number of carbonyl (C=O) groups is 2. The molecule has 2 aromatic carbocycles. The van der Waals surface area contributed by atoms with E-state index in [0.717, 1.165) is 0 Å². The SMILES string of the molecule is NC(=O)N1CCn2nc(-c3cccc(F)c3)c(C(=O)Nc3ccc(Cl)cc3)c2C1. The lowest BCUT2D eigenvalue weighted by molar-refractivity contribution is 0.102. The van der Waals surface area contributed by atoms with Crippen LogP contribution >= 0.6 is 11.6 Å². The van der Waals surface area contributed by atoms with Gasteiger partial charge in [0.15, 0.2) is 0 Å². The average molecular weight is 414 g/mol. The molecule has 0 bridgehead atoms. The van der Waals surface area contributed by atoms with Crippen molar-refractivity contribution in [3.63, 3.8) is 0 Å². The number of anilines is 1. The van der Waals surface area contributed by atoms with Crippen molar-refractivity contribution in [3.05, 3.63) is 70.6 Å².